The number of piperidine rings is 1. The van der Waals surface area contributed by atoms with Crippen LogP contribution < -0.4 is 4.74 Å². The fraction of sp³-hybridized carbons (Fsp3) is 0.731. The van der Waals surface area contributed by atoms with Crippen molar-refractivity contribution in [2.45, 2.75) is 51.7 Å². The van der Waals surface area contributed by atoms with Crippen LogP contribution in [0.3, 0.4) is 0 Å². The van der Waals surface area contributed by atoms with Crippen molar-refractivity contribution in [3.8, 4) is 5.75 Å². The number of hydrogen-bond acceptors (Lipinski definition) is 5. The molecule has 1 aromatic carbocycles. The van der Waals surface area contributed by atoms with Crippen molar-refractivity contribution in [2.75, 3.05) is 59.0 Å². The maximum atomic E-state index is 13.9. The first kappa shape index (κ1) is 22.2. The quantitative estimate of drug-likeness (QED) is 0.703. The van der Waals surface area contributed by atoms with Gasteiger partial charge in [-0.3, -0.25) is 9.69 Å². The van der Waals surface area contributed by atoms with Crippen LogP contribution in [-0.2, 0) is 9.53 Å². The predicted molar refractivity (Wildman–Crippen MR) is 125 cm³/mol. The molecule has 1 amide bonds. The second-order valence-corrected chi connectivity index (χ2v) is 10.4. The number of aryl methyl sites for hydroxylation is 1. The molecule has 1 saturated carbocycles. The van der Waals surface area contributed by atoms with Crippen molar-refractivity contribution in [2.24, 2.45) is 11.3 Å². The minimum Gasteiger partial charge on any atom is -0.487 e. The van der Waals surface area contributed by atoms with Gasteiger partial charge < -0.3 is 19.3 Å². The average molecular weight is 442 g/mol. The summed E-state index contributed by atoms with van der Waals surface area (Å²) in [6.45, 7) is 12.7. The van der Waals surface area contributed by atoms with Crippen LogP contribution in [-0.4, -0.2) is 91.8 Å². The first-order chi connectivity index (χ1) is 15.6. The van der Waals surface area contributed by atoms with E-state index in [1.54, 1.807) is 0 Å². The SMILES string of the molecule is CCN1CC[C@@H]2C[C@@H](N3CCOCC3)CC[C@@]2(C(=O)N2CC(Oc3ccc(C)cc3)C2)C1. The molecule has 0 aromatic heterocycles. The van der Waals surface area contributed by atoms with E-state index >= 15 is 0 Å². The van der Waals surface area contributed by atoms with Gasteiger partial charge in [-0.15, -0.1) is 0 Å². The number of carbonyl (C=O) groups is 1. The molecule has 0 bridgehead atoms. The molecule has 3 saturated heterocycles. The fourth-order valence-electron chi connectivity index (χ4n) is 6.42. The molecule has 3 heterocycles. The fourth-order valence-corrected chi connectivity index (χ4v) is 6.42. The van der Waals surface area contributed by atoms with Gasteiger partial charge in [-0.25, -0.2) is 0 Å². The highest BCUT2D eigenvalue weighted by Gasteiger charge is 2.55. The molecule has 5 rings (SSSR count). The first-order valence-corrected chi connectivity index (χ1v) is 12.6. The zero-order valence-electron chi connectivity index (χ0n) is 19.8. The van der Waals surface area contributed by atoms with E-state index < -0.39 is 0 Å². The summed E-state index contributed by atoms with van der Waals surface area (Å²) in [5.74, 6) is 1.80. The van der Waals surface area contributed by atoms with E-state index in [0.717, 1.165) is 84.0 Å². The number of morpholine rings is 1. The lowest BCUT2D eigenvalue weighted by molar-refractivity contribution is -0.165. The molecular formula is C26H39N3O3. The number of benzene rings is 1. The molecule has 6 heteroatoms. The zero-order valence-corrected chi connectivity index (χ0v) is 19.8. The van der Waals surface area contributed by atoms with Crippen molar-refractivity contribution in [1.29, 1.82) is 0 Å². The van der Waals surface area contributed by atoms with Crippen LogP contribution in [0.2, 0.25) is 0 Å². The summed E-state index contributed by atoms with van der Waals surface area (Å²) in [6.07, 6.45) is 4.59. The Morgan fingerprint density at radius 2 is 1.88 bits per heavy atom. The van der Waals surface area contributed by atoms with E-state index in [4.69, 9.17) is 9.47 Å². The molecule has 1 aromatic rings. The largest absolute Gasteiger partial charge is 0.487 e. The summed E-state index contributed by atoms with van der Waals surface area (Å²) in [4.78, 5) is 21.1. The molecule has 4 aliphatic rings. The minimum atomic E-state index is -0.203. The molecular weight excluding hydrogens is 402 g/mol. The smallest absolute Gasteiger partial charge is 0.230 e. The van der Waals surface area contributed by atoms with Crippen molar-refractivity contribution >= 4 is 5.91 Å². The van der Waals surface area contributed by atoms with Crippen LogP contribution in [0.1, 0.15) is 38.2 Å². The Balaban J connectivity index is 1.24. The molecule has 4 fully saturated rings. The predicted octanol–water partition coefficient (Wildman–Crippen LogP) is 2.80. The van der Waals surface area contributed by atoms with Gasteiger partial charge in [0.2, 0.25) is 5.91 Å². The lowest BCUT2D eigenvalue weighted by Crippen LogP contribution is -2.66. The number of fused-ring (bicyclic) bond motifs is 1. The summed E-state index contributed by atoms with van der Waals surface area (Å²) < 4.78 is 11.7. The number of hydrogen-bond donors (Lipinski definition) is 0. The Morgan fingerprint density at radius 3 is 2.59 bits per heavy atom. The van der Waals surface area contributed by atoms with Gasteiger partial charge in [0, 0.05) is 25.7 Å². The van der Waals surface area contributed by atoms with Crippen LogP contribution in [0.4, 0.5) is 0 Å². The molecule has 6 nitrogen and oxygen atoms in total. The average Bonchev–Trinajstić information content (AvgIpc) is 2.81. The third kappa shape index (κ3) is 4.29. The number of amides is 1. The Hall–Kier alpha value is -1.63. The third-order valence-corrected chi connectivity index (χ3v) is 8.46. The van der Waals surface area contributed by atoms with Gasteiger partial charge in [0.15, 0.2) is 0 Å². The molecule has 1 aliphatic carbocycles. The highest BCUT2D eigenvalue weighted by Crippen LogP contribution is 2.49. The Bertz CT molecular complexity index is 788. The number of rotatable bonds is 5. The van der Waals surface area contributed by atoms with Crippen LogP contribution in [0.15, 0.2) is 24.3 Å². The van der Waals surface area contributed by atoms with Gasteiger partial charge in [0.25, 0.3) is 0 Å². The lowest BCUT2D eigenvalue weighted by Gasteiger charge is -2.55. The first-order valence-electron chi connectivity index (χ1n) is 12.6. The molecule has 32 heavy (non-hydrogen) atoms. The summed E-state index contributed by atoms with van der Waals surface area (Å²) in [6, 6.07) is 8.83. The van der Waals surface area contributed by atoms with Crippen molar-refractivity contribution in [3.05, 3.63) is 29.8 Å². The van der Waals surface area contributed by atoms with Gasteiger partial charge in [-0.2, -0.15) is 0 Å². The van der Waals surface area contributed by atoms with Crippen LogP contribution in [0, 0.1) is 18.3 Å². The molecule has 3 atom stereocenters. The van der Waals surface area contributed by atoms with E-state index in [-0.39, 0.29) is 11.5 Å². The maximum absolute atomic E-state index is 13.9. The van der Waals surface area contributed by atoms with Crippen molar-refractivity contribution < 1.29 is 14.3 Å². The Kier molecular flexibility index (Phi) is 6.46. The van der Waals surface area contributed by atoms with E-state index in [9.17, 15) is 4.79 Å². The Morgan fingerprint density at radius 1 is 1.12 bits per heavy atom. The maximum Gasteiger partial charge on any atom is 0.230 e. The number of carbonyl (C=O) groups excluding carboxylic acids is 1. The highest BCUT2D eigenvalue weighted by molar-refractivity contribution is 5.84. The lowest BCUT2D eigenvalue weighted by atomic mass is 9.60. The third-order valence-electron chi connectivity index (χ3n) is 8.46. The van der Waals surface area contributed by atoms with Gasteiger partial charge in [0.05, 0.1) is 31.7 Å². The summed E-state index contributed by atoms with van der Waals surface area (Å²) >= 11 is 0. The number of ether oxygens (including phenoxy) is 2. The van der Waals surface area contributed by atoms with Gasteiger partial charge in [0.1, 0.15) is 11.9 Å². The van der Waals surface area contributed by atoms with Crippen molar-refractivity contribution in [3.63, 3.8) is 0 Å². The zero-order chi connectivity index (χ0) is 22.1. The van der Waals surface area contributed by atoms with Crippen molar-refractivity contribution in [1.82, 2.24) is 14.7 Å². The van der Waals surface area contributed by atoms with Gasteiger partial charge >= 0.3 is 0 Å². The van der Waals surface area contributed by atoms with E-state index in [1.165, 1.54) is 12.0 Å². The Labute approximate surface area is 192 Å². The molecule has 0 N–H and O–H groups in total. The standard InChI is InChI=1S/C26H39N3O3/c1-3-27-11-9-21-16-22(28-12-14-31-15-13-28)8-10-26(21,19-27)25(30)29-17-24(18-29)32-23-6-4-20(2)5-7-23/h4-7,21-22,24H,3,8-19H2,1-2H3/t21-,22+,26-/m1/s1. The van der Waals surface area contributed by atoms with Crippen LogP contribution >= 0.6 is 0 Å². The van der Waals surface area contributed by atoms with Crippen LogP contribution in [0.25, 0.3) is 0 Å². The molecule has 0 radical (unpaired) electrons. The van der Waals surface area contributed by atoms with Gasteiger partial charge in [-0.05, 0) is 63.7 Å². The molecule has 176 valence electrons. The van der Waals surface area contributed by atoms with E-state index in [2.05, 4.69) is 40.7 Å². The molecule has 0 spiro atoms. The number of likely N-dealkylation sites (tertiary alicyclic amines) is 2. The topological polar surface area (TPSA) is 45.2 Å². The second kappa shape index (κ2) is 9.32. The second-order valence-electron chi connectivity index (χ2n) is 10.4. The van der Waals surface area contributed by atoms with E-state index in [1.807, 2.05) is 12.1 Å². The van der Waals surface area contributed by atoms with E-state index in [0.29, 0.717) is 17.9 Å². The summed E-state index contributed by atoms with van der Waals surface area (Å²) in [5.41, 5.74) is 1.03. The highest BCUT2D eigenvalue weighted by atomic mass is 16.5. The van der Waals surface area contributed by atoms with Gasteiger partial charge in [-0.1, -0.05) is 24.6 Å². The molecule has 3 aliphatic heterocycles. The summed E-state index contributed by atoms with van der Waals surface area (Å²) in [5, 5.41) is 0. The number of nitrogens with zero attached hydrogens (tertiary/aromatic N) is 3. The van der Waals surface area contributed by atoms with Crippen LogP contribution in [0.5, 0.6) is 5.75 Å². The minimum absolute atomic E-state index is 0.118. The monoisotopic (exact) mass is 441 g/mol. The molecule has 0 unspecified atom stereocenters. The normalized spacial score (nSPS) is 32.2. The summed E-state index contributed by atoms with van der Waals surface area (Å²) in [7, 11) is 0.